The van der Waals surface area contributed by atoms with Gasteiger partial charge in [0.25, 0.3) is 0 Å². The molecule has 15 heavy (non-hydrogen) atoms. The number of halogens is 1. The van der Waals surface area contributed by atoms with E-state index in [0.29, 0.717) is 0 Å². The lowest BCUT2D eigenvalue weighted by molar-refractivity contribution is 1.00. The van der Waals surface area contributed by atoms with E-state index in [4.69, 9.17) is 11.6 Å². The van der Waals surface area contributed by atoms with Crippen molar-refractivity contribution in [3.05, 3.63) is 9.94 Å². The summed E-state index contributed by atoms with van der Waals surface area (Å²) in [5, 5.41) is 0.918. The van der Waals surface area contributed by atoms with Crippen molar-refractivity contribution in [2.75, 3.05) is 0 Å². The van der Waals surface area contributed by atoms with Crippen LogP contribution in [0.15, 0.2) is 9.94 Å². The second-order valence-corrected chi connectivity index (χ2v) is 18.2. The zero-order valence-corrected chi connectivity index (χ0v) is 14.8. The van der Waals surface area contributed by atoms with E-state index < -0.39 is 16.5 Å². The summed E-state index contributed by atoms with van der Waals surface area (Å²) in [6.07, 6.45) is 0. The Balaban J connectivity index is 4.94. The Hall–Kier alpha value is 0.774. The van der Waals surface area contributed by atoms with Gasteiger partial charge in [-0.2, -0.15) is 0 Å². The van der Waals surface area contributed by atoms with Gasteiger partial charge in [-0.05, 0) is 13.8 Å². The summed E-state index contributed by atoms with van der Waals surface area (Å²) < 4.78 is 2.67. The lowest BCUT2D eigenvalue weighted by atomic mass is 10.6. The number of rotatable bonds is 4. The molecule has 0 rings (SSSR count). The monoisotopic (exact) mass is 281 g/mol. The van der Waals surface area contributed by atoms with Gasteiger partial charge in [0.05, 0.1) is 0 Å². The number of nitrogens with zero attached hydrogens (tertiary/aromatic N) is 1. The predicted octanol–water partition coefficient (Wildman–Crippen LogP) is 5.10. The van der Waals surface area contributed by atoms with Crippen molar-refractivity contribution in [2.45, 2.75) is 53.1 Å². The predicted molar refractivity (Wildman–Crippen MR) is 80.3 cm³/mol. The SMILES string of the molecule is C/C(Cl)=C(/C)SN([Si](C)(C)C)[Si](C)(C)C. The van der Waals surface area contributed by atoms with Gasteiger partial charge in [-0.1, -0.05) is 62.8 Å². The molecule has 0 aromatic carbocycles. The van der Waals surface area contributed by atoms with E-state index in [2.05, 4.69) is 49.8 Å². The molecule has 0 aliphatic rings. The van der Waals surface area contributed by atoms with Gasteiger partial charge in [-0.25, -0.2) is 0 Å². The second kappa shape index (κ2) is 5.40. The van der Waals surface area contributed by atoms with Gasteiger partial charge in [0.2, 0.25) is 0 Å². The molecule has 0 fully saturated rings. The minimum absolute atomic E-state index is 0.918. The number of allylic oxidation sites excluding steroid dienone is 2. The molecule has 0 atom stereocenters. The van der Waals surface area contributed by atoms with Crippen LogP contribution in [0.3, 0.4) is 0 Å². The fourth-order valence-electron chi connectivity index (χ4n) is 1.48. The standard InChI is InChI=1S/C10H24ClNSSi2/c1-9(11)10(2)13-12(14(3,4)5)15(6,7)8/h1-8H3/b10-9+. The highest BCUT2D eigenvalue weighted by atomic mass is 35.5. The Morgan fingerprint density at radius 2 is 1.27 bits per heavy atom. The molecule has 0 aliphatic heterocycles. The topological polar surface area (TPSA) is 3.24 Å². The van der Waals surface area contributed by atoms with Crippen molar-refractivity contribution >= 4 is 40.0 Å². The average Bonchev–Trinajstić information content (AvgIpc) is 1.94. The van der Waals surface area contributed by atoms with Gasteiger partial charge in [0.15, 0.2) is 0 Å². The molecule has 0 bridgehead atoms. The van der Waals surface area contributed by atoms with Crippen LogP contribution in [0.4, 0.5) is 0 Å². The van der Waals surface area contributed by atoms with E-state index in [1.165, 1.54) is 4.91 Å². The summed E-state index contributed by atoms with van der Waals surface area (Å²) in [6, 6.07) is 0. The third kappa shape index (κ3) is 5.59. The van der Waals surface area contributed by atoms with Crippen LogP contribution in [0.5, 0.6) is 0 Å². The van der Waals surface area contributed by atoms with Gasteiger partial charge >= 0.3 is 0 Å². The molecule has 1 nitrogen and oxygen atoms in total. The van der Waals surface area contributed by atoms with Gasteiger partial charge in [-0.3, -0.25) is 3.64 Å². The average molecular weight is 282 g/mol. The zero-order valence-electron chi connectivity index (χ0n) is 11.2. The molecular formula is C10H24ClNSSi2. The van der Waals surface area contributed by atoms with Crippen LogP contribution < -0.4 is 0 Å². The molecule has 0 saturated heterocycles. The lowest BCUT2D eigenvalue weighted by Crippen LogP contribution is -2.54. The first-order chi connectivity index (χ1) is 6.46. The van der Waals surface area contributed by atoms with E-state index >= 15 is 0 Å². The highest BCUT2D eigenvalue weighted by molar-refractivity contribution is 8.03. The summed E-state index contributed by atoms with van der Waals surface area (Å²) in [7, 11) is -2.53. The number of hydrogen-bond acceptors (Lipinski definition) is 2. The maximum absolute atomic E-state index is 6.04. The lowest BCUT2D eigenvalue weighted by Gasteiger charge is -2.42. The fourth-order valence-corrected chi connectivity index (χ4v) is 13.0. The molecular weight excluding hydrogens is 258 g/mol. The van der Waals surface area contributed by atoms with Crippen LogP contribution in [0.1, 0.15) is 13.8 Å². The first-order valence-electron chi connectivity index (χ1n) is 5.27. The molecule has 0 unspecified atom stereocenters. The quantitative estimate of drug-likeness (QED) is 0.521. The molecule has 0 spiro atoms. The minimum atomic E-state index is -1.27. The molecule has 5 heteroatoms. The second-order valence-electron chi connectivity index (χ2n) is 5.82. The third-order valence-electron chi connectivity index (χ3n) is 1.93. The Labute approximate surface area is 107 Å². The molecule has 0 N–H and O–H groups in total. The summed E-state index contributed by atoms with van der Waals surface area (Å²) >= 11 is 7.91. The Bertz CT molecular complexity index is 235. The Morgan fingerprint density at radius 3 is 1.47 bits per heavy atom. The smallest absolute Gasteiger partial charge is 0.123 e. The van der Waals surface area contributed by atoms with E-state index in [9.17, 15) is 0 Å². The maximum atomic E-state index is 6.04. The van der Waals surface area contributed by atoms with Crippen molar-refractivity contribution in [3.8, 4) is 0 Å². The zero-order chi connectivity index (χ0) is 12.4. The summed E-state index contributed by atoms with van der Waals surface area (Å²) in [5.74, 6) is 0. The first-order valence-corrected chi connectivity index (χ1v) is 13.3. The van der Waals surface area contributed by atoms with Crippen molar-refractivity contribution < 1.29 is 0 Å². The van der Waals surface area contributed by atoms with Crippen LogP contribution >= 0.6 is 23.5 Å². The van der Waals surface area contributed by atoms with Crippen LogP contribution in [-0.2, 0) is 0 Å². The van der Waals surface area contributed by atoms with Gasteiger partial charge in [0.1, 0.15) is 16.5 Å². The van der Waals surface area contributed by atoms with Crippen molar-refractivity contribution in [2.24, 2.45) is 0 Å². The van der Waals surface area contributed by atoms with Crippen LogP contribution in [0, 0.1) is 0 Å². The highest BCUT2D eigenvalue weighted by Crippen LogP contribution is 2.34. The van der Waals surface area contributed by atoms with Crippen LogP contribution in [0.2, 0.25) is 39.3 Å². The molecule has 90 valence electrons. The molecule has 0 aromatic heterocycles. The fraction of sp³-hybridized carbons (Fsp3) is 0.800. The molecule has 0 heterocycles. The number of hydrogen-bond donors (Lipinski definition) is 0. The van der Waals surface area contributed by atoms with E-state index in [-0.39, 0.29) is 0 Å². The van der Waals surface area contributed by atoms with Gasteiger partial charge in [-0.15, -0.1) is 0 Å². The first kappa shape index (κ1) is 15.8. The molecule has 0 saturated carbocycles. The largest absolute Gasteiger partial charge is 0.289 e. The maximum Gasteiger partial charge on any atom is 0.123 e. The molecule has 0 aromatic rings. The molecule has 0 aliphatic carbocycles. The van der Waals surface area contributed by atoms with Crippen LogP contribution in [-0.4, -0.2) is 20.1 Å². The van der Waals surface area contributed by atoms with E-state index in [1.54, 1.807) is 0 Å². The van der Waals surface area contributed by atoms with Crippen molar-refractivity contribution in [1.82, 2.24) is 3.64 Å². The summed E-state index contributed by atoms with van der Waals surface area (Å²) in [6.45, 7) is 18.5. The third-order valence-corrected chi connectivity index (χ3v) is 13.4. The summed E-state index contributed by atoms with van der Waals surface area (Å²) in [5.41, 5.74) is 0. The minimum Gasteiger partial charge on any atom is -0.289 e. The van der Waals surface area contributed by atoms with Crippen molar-refractivity contribution in [3.63, 3.8) is 0 Å². The summed E-state index contributed by atoms with van der Waals surface area (Å²) in [4.78, 5) is 1.24. The molecule has 0 amide bonds. The van der Waals surface area contributed by atoms with Crippen LogP contribution in [0.25, 0.3) is 0 Å². The van der Waals surface area contributed by atoms with E-state index in [1.807, 2.05) is 18.9 Å². The normalized spacial score (nSPS) is 15.6. The molecule has 0 radical (unpaired) electrons. The van der Waals surface area contributed by atoms with E-state index in [0.717, 1.165) is 5.03 Å². The van der Waals surface area contributed by atoms with Crippen molar-refractivity contribution in [1.29, 1.82) is 0 Å². The highest BCUT2D eigenvalue weighted by Gasteiger charge is 2.35. The Morgan fingerprint density at radius 1 is 0.933 bits per heavy atom. The van der Waals surface area contributed by atoms with Gasteiger partial charge < -0.3 is 0 Å². The van der Waals surface area contributed by atoms with Gasteiger partial charge in [0, 0.05) is 9.94 Å². The Kier molecular flexibility index (Phi) is 5.68.